The van der Waals surface area contributed by atoms with Crippen molar-refractivity contribution in [1.29, 1.82) is 0 Å². The van der Waals surface area contributed by atoms with Crippen LogP contribution in [0.25, 0.3) is 0 Å². The van der Waals surface area contributed by atoms with E-state index < -0.39 is 24.0 Å². The van der Waals surface area contributed by atoms with E-state index in [0.717, 1.165) is 0 Å². The first-order valence-corrected chi connectivity index (χ1v) is 6.53. The molecule has 6 heteroatoms. The van der Waals surface area contributed by atoms with Gasteiger partial charge in [-0.1, -0.05) is 0 Å². The predicted octanol–water partition coefficient (Wildman–Crippen LogP) is 1.42. The monoisotopic (exact) mass is 294 g/mol. The Labute approximate surface area is 123 Å². The third kappa shape index (κ3) is 5.74. The molecule has 0 radical (unpaired) electrons. The van der Waals surface area contributed by atoms with Crippen LogP contribution in [-0.4, -0.2) is 44.5 Å². The minimum absolute atomic E-state index is 0.103. The first-order chi connectivity index (χ1) is 10.1. The van der Waals surface area contributed by atoms with Gasteiger partial charge in [-0.3, -0.25) is 9.59 Å². The van der Waals surface area contributed by atoms with Crippen LogP contribution in [0.1, 0.15) is 23.7 Å². The number of ether oxygens (including phenoxy) is 3. The third-order valence-electron chi connectivity index (χ3n) is 2.56. The normalized spacial score (nSPS) is 10.0. The van der Waals surface area contributed by atoms with E-state index in [4.69, 9.17) is 9.47 Å². The molecular weight excluding hydrogens is 276 g/mol. The number of hydrogen-bond acceptors (Lipinski definition) is 6. The van der Waals surface area contributed by atoms with Gasteiger partial charge in [0, 0.05) is 12.7 Å². The fraction of sp³-hybridized carbons (Fsp3) is 0.400. The van der Waals surface area contributed by atoms with Crippen molar-refractivity contribution in [3.05, 3.63) is 29.8 Å². The largest absolute Gasteiger partial charge is 0.491 e. The maximum atomic E-state index is 11.8. The van der Waals surface area contributed by atoms with Crippen molar-refractivity contribution in [1.82, 2.24) is 0 Å². The van der Waals surface area contributed by atoms with Gasteiger partial charge < -0.3 is 14.2 Å². The molecule has 114 valence electrons. The zero-order valence-electron chi connectivity index (χ0n) is 12.1. The summed E-state index contributed by atoms with van der Waals surface area (Å²) >= 11 is 0. The van der Waals surface area contributed by atoms with Gasteiger partial charge in [0.05, 0.1) is 19.6 Å². The number of hydrogen-bond donors (Lipinski definition) is 0. The first kappa shape index (κ1) is 16.8. The van der Waals surface area contributed by atoms with E-state index in [-0.39, 0.29) is 6.61 Å². The van der Waals surface area contributed by atoms with Crippen LogP contribution in [0.2, 0.25) is 0 Å². The Morgan fingerprint density at radius 2 is 1.71 bits per heavy atom. The summed E-state index contributed by atoms with van der Waals surface area (Å²) in [5, 5.41) is 0. The van der Waals surface area contributed by atoms with Crippen LogP contribution >= 0.6 is 0 Å². The van der Waals surface area contributed by atoms with Crippen LogP contribution in [-0.2, 0) is 19.1 Å². The second-order valence-corrected chi connectivity index (χ2v) is 4.11. The van der Waals surface area contributed by atoms with Crippen molar-refractivity contribution in [2.45, 2.75) is 13.3 Å². The fourth-order valence-electron chi connectivity index (χ4n) is 1.51. The van der Waals surface area contributed by atoms with Gasteiger partial charge in [-0.05, 0) is 31.2 Å². The summed E-state index contributed by atoms with van der Waals surface area (Å²) in [6.45, 7) is 2.57. The molecule has 1 aromatic rings. The number of esters is 1. The van der Waals surface area contributed by atoms with Crippen LogP contribution in [0, 0.1) is 0 Å². The van der Waals surface area contributed by atoms with Crippen molar-refractivity contribution < 1.29 is 28.6 Å². The zero-order chi connectivity index (χ0) is 15.7. The molecule has 0 fully saturated rings. The number of Topliss-reactive ketones (excluding diaryl/α,β-unsaturated/α-hetero) is 2. The Hall–Kier alpha value is -2.21. The van der Waals surface area contributed by atoms with Crippen molar-refractivity contribution in [2.75, 3.05) is 26.9 Å². The van der Waals surface area contributed by atoms with E-state index in [1.165, 1.54) is 0 Å². The van der Waals surface area contributed by atoms with E-state index in [1.807, 2.05) is 0 Å². The topological polar surface area (TPSA) is 78.9 Å². The average Bonchev–Trinajstić information content (AvgIpc) is 2.48. The highest BCUT2D eigenvalue weighted by Gasteiger charge is 2.19. The lowest BCUT2D eigenvalue weighted by Crippen LogP contribution is -2.20. The van der Waals surface area contributed by atoms with Crippen molar-refractivity contribution in [3.8, 4) is 5.75 Å². The van der Waals surface area contributed by atoms with Gasteiger partial charge >= 0.3 is 5.97 Å². The molecule has 0 aromatic heterocycles. The SMILES string of the molecule is CCOC(=O)C(=O)CC(=O)c1ccc(OCCOC)cc1. The van der Waals surface area contributed by atoms with Crippen LogP contribution in [0.15, 0.2) is 24.3 Å². The summed E-state index contributed by atoms with van der Waals surface area (Å²) in [7, 11) is 1.58. The van der Waals surface area contributed by atoms with E-state index in [0.29, 0.717) is 24.5 Å². The molecule has 0 heterocycles. The minimum Gasteiger partial charge on any atom is -0.491 e. The summed E-state index contributed by atoms with van der Waals surface area (Å²) in [6.07, 6.45) is -0.497. The quantitative estimate of drug-likeness (QED) is 0.225. The lowest BCUT2D eigenvalue weighted by Gasteiger charge is -2.06. The molecule has 0 saturated carbocycles. The molecule has 6 nitrogen and oxygen atoms in total. The lowest BCUT2D eigenvalue weighted by atomic mass is 10.1. The molecule has 0 aliphatic carbocycles. The minimum atomic E-state index is -0.981. The Kier molecular flexibility index (Phi) is 7.11. The molecular formula is C15H18O6. The molecule has 1 aromatic carbocycles. The van der Waals surface area contributed by atoms with Gasteiger partial charge in [-0.15, -0.1) is 0 Å². The number of methoxy groups -OCH3 is 1. The summed E-state index contributed by atoms with van der Waals surface area (Å²) < 4.78 is 14.7. The lowest BCUT2D eigenvalue weighted by molar-refractivity contribution is -0.153. The molecule has 0 unspecified atom stereocenters. The van der Waals surface area contributed by atoms with Gasteiger partial charge in [-0.2, -0.15) is 0 Å². The van der Waals surface area contributed by atoms with Crippen LogP contribution in [0.5, 0.6) is 5.75 Å². The maximum absolute atomic E-state index is 11.8. The highest BCUT2D eigenvalue weighted by molar-refractivity contribution is 6.38. The van der Waals surface area contributed by atoms with E-state index in [2.05, 4.69) is 4.74 Å². The molecule has 0 amide bonds. The van der Waals surface area contributed by atoms with Crippen LogP contribution < -0.4 is 4.74 Å². The molecule has 0 atom stereocenters. The number of ketones is 2. The van der Waals surface area contributed by atoms with Gasteiger partial charge in [0.2, 0.25) is 5.78 Å². The maximum Gasteiger partial charge on any atom is 0.375 e. The molecule has 0 aliphatic rings. The van der Waals surface area contributed by atoms with Gasteiger partial charge in [0.15, 0.2) is 5.78 Å². The molecule has 1 rings (SSSR count). The van der Waals surface area contributed by atoms with Crippen molar-refractivity contribution in [3.63, 3.8) is 0 Å². The molecule has 21 heavy (non-hydrogen) atoms. The Morgan fingerprint density at radius 1 is 1.05 bits per heavy atom. The molecule has 0 saturated heterocycles. The Balaban J connectivity index is 2.55. The third-order valence-corrected chi connectivity index (χ3v) is 2.56. The van der Waals surface area contributed by atoms with Gasteiger partial charge in [0.1, 0.15) is 12.4 Å². The molecule has 0 spiro atoms. The Bertz CT molecular complexity index is 491. The Morgan fingerprint density at radius 3 is 2.29 bits per heavy atom. The first-order valence-electron chi connectivity index (χ1n) is 6.53. The summed E-state index contributed by atoms with van der Waals surface area (Å²) in [5.41, 5.74) is 0.340. The molecule has 0 aliphatic heterocycles. The number of rotatable bonds is 9. The summed E-state index contributed by atoms with van der Waals surface area (Å²) in [4.78, 5) is 34.4. The second-order valence-electron chi connectivity index (χ2n) is 4.11. The molecule has 0 bridgehead atoms. The fourth-order valence-corrected chi connectivity index (χ4v) is 1.51. The number of carbonyl (C=O) groups is 3. The number of carbonyl (C=O) groups excluding carboxylic acids is 3. The average molecular weight is 294 g/mol. The van der Waals surface area contributed by atoms with Crippen molar-refractivity contribution >= 4 is 17.5 Å². The standard InChI is InChI=1S/C15H18O6/c1-3-20-15(18)14(17)10-13(16)11-4-6-12(7-5-11)21-9-8-19-2/h4-7H,3,8-10H2,1-2H3. The predicted molar refractivity (Wildman–Crippen MR) is 74.4 cm³/mol. The summed E-state index contributed by atoms with van der Waals surface area (Å²) in [5.74, 6) is -1.66. The van der Waals surface area contributed by atoms with Crippen LogP contribution in [0.3, 0.4) is 0 Å². The smallest absolute Gasteiger partial charge is 0.375 e. The van der Waals surface area contributed by atoms with E-state index in [1.54, 1.807) is 38.3 Å². The van der Waals surface area contributed by atoms with E-state index >= 15 is 0 Å². The van der Waals surface area contributed by atoms with Gasteiger partial charge in [-0.25, -0.2) is 4.79 Å². The summed E-state index contributed by atoms with van der Waals surface area (Å²) in [6, 6.07) is 6.33. The highest BCUT2D eigenvalue weighted by atomic mass is 16.5. The number of benzene rings is 1. The van der Waals surface area contributed by atoms with E-state index in [9.17, 15) is 14.4 Å². The van der Waals surface area contributed by atoms with Gasteiger partial charge in [0.25, 0.3) is 0 Å². The second kappa shape index (κ2) is 8.86. The highest BCUT2D eigenvalue weighted by Crippen LogP contribution is 2.13. The zero-order valence-corrected chi connectivity index (χ0v) is 12.1. The van der Waals surface area contributed by atoms with Crippen LogP contribution in [0.4, 0.5) is 0 Å². The molecule has 0 N–H and O–H groups in total. The van der Waals surface area contributed by atoms with Crippen molar-refractivity contribution in [2.24, 2.45) is 0 Å².